The Morgan fingerprint density at radius 2 is 1.75 bits per heavy atom. The number of amides is 1. The van der Waals surface area contributed by atoms with Gasteiger partial charge in [-0.05, 0) is 18.2 Å². The molecule has 0 unspecified atom stereocenters. The maximum atomic E-state index is 12.7. The van der Waals surface area contributed by atoms with Gasteiger partial charge in [0.25, 0.3) is 11.6 Å². The summed E-state index contributed by atoms with van der Waals surface area (Å²) < 4.78 is 0. The number of carbonyl (C=O) groups is 1. The van der Waals surface area contributed by atoms with E-state index in [1.165, 1.54) is 23.5 Å². The van der Waals surface area contributed by atoms with Crippen LogP contribution in [0.3, 0.4) is 0 Å². The number of rotatable bonds is 4. The second-order valence-electron chi connectivity index (χ2n) is 6.16. The first-order valence-electron chi connectivity index (χ1n) is 8.63. The fourth-order valence-electron chi connectivity index (χ4n) is 3.00. The Balaban J connectivity index is 1.39. The number of nitrogens with zero attached hydrogens (tertiary/aromatic N) is 6. The quantitative estimate of drug-likeness (QED) is 0.493. The molecule has 1 fully saturated rings. The molecule has 1 aliphatic rings. The van der Waals surface area contributed by atoms with Gasteiger partial charge in [-0.25, -0.2) is 15.0 Å². The number of aromatic nitrogens is 3. The van der Waals surface area contributed by atoms with E-state index >= 15 is 0 Å². The van der Waals surface area contributed by atoms with Crippen molar-refractivity contribution in [3.63, 3.8) is 0 Å². The second-order valence-corrected chi connectivity index (χ2v) is 7.02. The lowest BCUT2D eigenvalue weighted by Crippen LogP contribution is -2.48. The fourth-order valence-corrected chi connectivity index (χ4v) is 3.74. The predicted octanol–water partition coefficient (Wildman–Crippen LogP) is 2.47. The van der Waals surface area contributed by atoms with E-state index < -0.39 is 4.92 Å². The number of thiazole rings is 1. The van der Waals surface area contributed by atoms with Crippen molar-refractivity contribution in [1.82, 2.24) is 19.9 Å². The summed E-state index contributed by atoms with van der Waals surface area (Å²) in [6, 6.07) is 8.20. The van der Waals surface area contributed by atoms with Crippen molar-refractivity contribution in [2.24, 2.45) is 0 Å². The van der Waals surface area contributed by atoms with Gasteiger partial charge in [0.1, 0.15) is 5.69 Å². The lowest BCUT2D eigenvalue weighted by atomic mass is 10.2. The van der Waals surface area contributed by atoms with Crippen molar-refractivity contribution in [2.45, 2.75) is 0 Å². The molecule has 0 saturated carbocycles. The topological polar surface area (TPSA) is 105 Å². The van der Waals surface area contributed by atoms with Gasteiger partial charge < -0.3 is 9.80 Å². The van der Waals surface area contributed by atoms with Crippen LogP contribution in [0.2, 0.25) is 0 Å². The molecular weight excluding hydrogens is 380 g/mol. The Morgan fingerprint density at radius 1 is 1.07 bits per heavy atom. The van der Waals surface area contributed by atoms with Crippen LogP contribution in [-0.2, 0) is 0 Å². The van der Waals surface area contributed by atoms with E-state index in [0.29, 0.717) is 42.7 Å². The molecule has 142 valence electrons. The van der Waals surface area contributed by atoms with Crippen LogP contribution in [0.15, 0.2) is 48.1 Å². The molecule has 0 spiro atoms. The number of nitro benzene ring substituents is 1. The average molecular weight is 396 g/mol. The monoisotopic (exact) mass is 396 g/mol. The summed E-state index contributed by atoms with van der Waals surface area (Å²) in [7, 11) is 0. The third kappa shape index (κ3) is 3.67. The first kappa shape index (κ1) is 18.0. The lowest BCUT2D eigenvalue weighted by molar-refractivity contribution is -0.384. The zero-order valence-electron chi connectivity index (χ0n) is 14.8. The summed E-state index contributed by atoms with van der Waals surface area (Å²) in [4.78, 5) is 39.7. The van der Waals surface area contributed by atoms with Gasteiger partial charge in [-0.1, -0.05) is 0 Å². The van der Waals surface area contributed by atoms with Gasteiger partial charge in [-0.15, -0.1) is 11.3 Å². The number of benzene rings is 1. The highest BCUT2D eigenvalue weighted by Gasteiger charge is 2.24. The molecule has 3 aromatic rings. The summed E-state index contributed by atoms with van der Waals surface area (Å²) in [5.74, 6) is 0.399. The smallest absolute Gasteiger partial charge is 0.273 e. The molecule has 1 aromatic carbocycles. The molecule has 28 heavy (non-hydrogen) atoms. The van der Waals surface area contributed by atoms with Crippen LogP contribution < -0.4 is 4.90 Å². The molecule has 4 rings (SSSR count). The van der Waals surface area contributed by atoms with E-state index in [1.807, 2.05) is 0 Å². The summed E-state index contributed by atoms with van der Waals surface area (Å²) >= 11 is 1.35. The van der Waals surface area contributed by atoms with Crippen LogP contribution in [0.25, 0.3) is 10.8 Å². The minimum absolute atomic E-state index is 0.0688. The van der Waals surface area contributed by atoms with E-state index in [-0.39, 0.29) is 11.6 Å². The Kier molecular flexibility index (Phi) is 4.94. The highest BCUT2D eigenvalue weighted by Crippen LogP contribution is 2.23. The van der Waals surface area contributed by atoms with Gasteiger partial charge in [0, 0.05) is 61.8 Å². The molecule has 10 heteroatoms. The van der Waals surface area contributed by atoms with Crippen LogP contribution in [-0.4, -0.2) is 56.9 Å². The third-order valence-electron chi connectivity index (χ3n) is 4.47. The van der Waals surface area contributed by atoms with Crippen LogP contribution in [0, 0.1) is 10.1 Å². The van der Waals surface area contributed by atoms with Crippen molar-refractivity contribution in [3.8, 4) is 10.8 Å². The molecular formula is C18H16N6O3S. The van der Waals surface area contributed by atoms with Gasteiger partial charge in [-0.2, -0.15) is 0 Å². The fraction of sp³-hybridized carbons (Fsp3) is 0.222. The summed E-state index contributed by atoms with van der Waals surface area (Å²) in [5.41, 5.74) is 1.38. The van der Waals surface area contributed by atoms with E-state index in [9.17, 15) is 14.9 Å². The average Bonchev–Trinajstić information content (AvgIpc) is 3.24. The molecule has 0 radical (unpaired) electrons. The Labute approximate surface area is 164 Å². The Hall–Kier alpha value is -3.40. The normalized spacial score (nSPS) is 14.1. The maximum absolute atomic E-state index is 12.7. The largest absolute Gasteiger partial charge is 0.368 e. The Morgan fingerprint density at radius 3 is 2.39 bits per heavy atom. The lowest BCUT2D eigenvalue weighted by Gasteiger charge is -2.35. The van der Waals surface area contributed by atoms with Crippen molar-refractivity contribution in [1.29, 1.82) is 0 Å². The highest BCUT2D eigenvalue weighted by atomic mass is 32.1. The van der Waals surface area contributed by atoms with Crippen molar-refractivity contribution < 1.29 is 9.72 Å². The van der Waals surface area contributed by atoms with Crippen LogP contribution in [0.5, 0.6) is 0 Å². The molecule has 1 aliphatic heterocycles. The number of non-ortho nitro benzene ring substituents is 1. The van der Waals surface area contributed by atoms with E-state index in [1.54, 1.807) is 40.9 Å². The molecule has 0 bridgehead atoms. The van der Waals surface area contributed by atoms with Gasteiger partial charge in [0.2, 0.25) is 0 Å². The van der Waals surface area contributed by atoms with Crippen molar-refractivity contribution in [2.75, 3.05) is 31.1 Å². The van der Waals surface area contributed by atoms with E-state index in [4.69, 9.17) is 0 Å². The molecule has 0 aliphatic carbocycles. The number of anilines is 1. The molecule has 1 amide bonds. The molecule has 2 aromatic heterocycles. The Bertz CT molecular complexity index is 984. The summed E-state index contributed by atoms with van der Waals surface area (Å²) in [5, 5.41) is 13.1. The second kappa shape index (κ2) is 7.69. The van der Waals surface area contributed by atoms with Gasteiger partial charge in [0.15, 0.2) is 10.8 Å². The van der Waals surface area contributed by atoms with Crippen LogP contribution in [0.1, 0.15) is 10.5 Å². The first-order chi connectivity index (χ1) is 13.6. The first-order valence-corrected chi connectivity index (χ1v) is 9.51. The molecule has 0 N–H and O–H groups in total. The van der Waals surface area contributed by atoms with Crippen LogP contribution >= 0.6 is 11.3 Å². The SMILES string of the molecule is O=C(c1csc(-c2ncccn2)n1)N1CCN(c2ccc([N+](=O)[O-])cc2)CC1. The van der Waals surface area contributed by atoms with E-state index in [2.05, 4.69) is 19.9 Å². The molecule has 1 saturated heterocycles. The third-order valence-corrected chi connectivity index (χ3v) is 5.31. The summed E-state index contributed by atoms with van der Waals surface area (Å²) in [6.45, 7) is 2.43. The number of hydrogen-bond donors (Lipinski definition) is 0. The van der Waals surface area contributed by atoms with Gasteiger partial charge in [-0.3, -0.25) is 14.9 Å². The number of piperazine rings is 1. The zero-order chi connectivity index (χ0) is 19.5. The molecule has 3 heterocycles. The van der Waals surface area contributed by atoms with Crippen molar-refractivity contribution >= 4 is 28.6 Å². The van der Waals surface area contributed by atoms with Gasteiger partial charge >= 0.3 is 0 Å². The maximum Gasteiger partial charge on any atom is 0.273 e. The number of nitro groups is 1. The standard InChI is InChI=1S/C18H16N6O3S/c25-18(15-12-28-17(21-15)16-19-6-1-7-20-16)23-10-8-22(9-11-23)13-2-4-14(5-3-13)24(26)27/h1-7,12H,8-11H2. The summed E-state index contributed by atoms with van der Waals surface area (Å²) in [6.07, 6.45) is 3.28. The zero-order valence-corrected chi connectivity index (χ0v) is 15.6. The van der Waals surface area contributed by atoms with Crippen LogP contribution in [0.4, 0.5) is 11.4 Å². The highest BCUT2D eigenvalue weighted by molar-refractivity contribution is 7.13. The van der Waals surface area contributed by atoms with Crippen molar-refractivity contribution in [3.05, 3.63) is 63.9 Å². The predicted molar refractivity (Wildman–Crippen MR) is 104 cm³/mol. The molecule has 0 atom stereocenters. The minimum Gasteiger partial charge on any atom is -0.368 e. The molecule has 9 nitrogen and oxygen atoms in total. The minimum atomic E-state index is -0.414. The van der Waals surface area contributed by atoms with Gasteiger partial charge in [0.05, 0.1) is 4.92 Å². The number of hydrogen-bond acceptors (Lipinski definition) is 8. The van der Waals surface area contributed by atoms with E-state index in [0.717, 1.165) is 5.69 Å². The number of carbonyl (C=O) groups excluding carboxylic acids is 1.